The van der Waals surface area contributed by atoms with Gasteiger partial charge in [-0.1, -0.05) is 11.6 Å². The predicted octanol–water partition coefficient (Wildman–Crippen LogP) is 4.47. The quantitative estimate of drug-likeness (QED) is 0.902. The molecular formula is C16H17ClO3S. The molecule has 1 N–H and O–H groups in total. The van der Waals surface area contributed by atoms with Gasteiger partial charge in [0.1, 0.15) is 5.75 Å². The summed E-state index contributed by atoms with van der Waals surface area (Å²) in [5.74, 6) is 0.776. The fourth-order valence-corrected chi connectivity index (χ4v) is 3.41. The average Bonchev–Trinajstić information content (AvgIpc) is 2.99. The van der Waals surface area contributed by atoms with E-state index in [1.54, 1.807) is 11.3 Å². The summed E-state index contributed by atoms with van der Waals surface area (Å²) in [5.41, 5.74) is 0.946. The van der Waals surface area contributed by atoms with Crippen molar-refractivity contribution in [2.45, 2.75) is 32.2 Å². The molecule has 21 heavy (non-hydrogen) atoms. The minimum Gasteiger partial charge on any atom is -0.464 e. The molecule has 5 heteroatoms. The van der Waals surface area contributed by atoms with Crippen molar-refractivity contribution >= 4 is 22.9 Å². The Balaban J connectivity index is 1.88. The molecule has 1 aromatic heterocycles. The highest BCUT2D eigenvalue weighted by Gasteiger charge is 2.18. The summed E-state index contributed by atoms with van der Waals surface area (Å²) in [7, 11) is 0. The summed E-state index contributed by atoms with van der Waals surface area (Å²) in [6.45, 7) is 0.800. The SMILES string of the molecule is OCc1ccc(-c2cc(Cl)ccc2OC2CCCCO2)s1. The van der Waals surface area contributed by atoms with E-state index >= 15 is 0 Å². The highest BCUT2D eigenvalue weighted by Crippen LogP contribution is 2.38. The van der Waals surface area contributed by atoms with Crippen molar-refractivity contribution in [2.24, 2.45) is 0 Å². The normalized spacial score (nSPS) is 18.7. The molecule has 1 aromatic carbocycles. The van der Waals surface area contributed by atoms with Gasteiger partial charge in [0.2, 0.25) is 0 Å². The van der Waals surface area contributed by atoms with Crippen molar-refractivity contribution in [3.63, 3.8) is 0 Å². The van der Waals surface area contributed by atoms with Crippen LogP contribution in [0.15, 0.2) is 30.3 Å². The van der Waals surface area contributed by atoms with Crippen LogP contribution in [0.4, 0.5) is 0 Å². The van der Waals surface area contributed by atoms with Crippen LogP contribution in [-0.2, 0) is 11.3 Å². The monoisotopic (exact) mass is 324 g/mol. The second-order valence-electron chi connectivity index (χ2n) is 4.98. The van der Waals surface area contributed by atoms with E-state index in [4.69, 9.17) is 21.1 Å². The van der Waals surface area contributed by atoms with Crippen molar-refractivity contribution in [3.05, 3.63) is 40.2 Å². The zero-order valence-corrected chi connectivity index (χ0v) is 13.1. The van der Waals surface area contributed by atoms with E-state index in [0.717, 1.165) is 46.9 Å². The van der Waals surface area contributed by atoms with E-state index in [9.17, 15) is 5.11 Å². The number of halogens is 1. The smallest absolute Gasteiger partial charge is 0.199 e. The molecule has 0 spiro atoms. The van der Waals surface area contributed by atoms with E-state index in [1.165, 1.54) is 0 Å². The van der Waals surface area contributed by atoms with Crippen molar-refractivity contribution in [1.29, 1.82) is 0 Å². The van der Waals surface area contributed by atoms with E-state index < -0.39 is 0 Å². The van der Waals surface area contributed by atoms with Crippen LogP contribution in [0.25, 0.3) is 10.4 Å². The predicted molar refractivity (Wildman–Crippen MR) is 84.9 cm³/mol. The summed E-state index contributed by atoms with van der Waals surface area (Å²) in [6.07, 6.45) is 2.95. The molecule has 0 saturated carbocycles. The van der Waals surface area contributed by atoms with Gasteiger partial charge in [-0.05, 0) is 43.2 Å². The van der Waals surface area contributed by atoms with Gasteiger partial charge in [-0.3, -0.25) is 0 Å². The Bertz CT molecular complexity index is 605. The first kappa shape index (κ1) is 14.9. The maximum atomic E-state index is 9.22. The van der Waals surface area contributed by atoms with E-state index in [-0.39, 0.29) is 12.9 Å². The Morgan fingerprint density at radius 2 is 2.19 bits per heavy atom. The second-order valence-corrected chi connectivity index (χ2v) is 6.58. The van der Waals surface area contributed by atoms with Crippen molar-refractivity contribution in [1.82, 2.24) is 0 Å². The van der Waals surface area contributed by atoms with Gasteiger partial charge in [0.05, 0.1) is 13.2 Å². The molecule has 1 saturated heterocycles. The summed E-state index contributed by atoms with van der Waals surface area (Å²) in [6, 6.07) is 9.50. The third-order valence-electron chi connectivity index (χ3n) is 3.42. The molecule has 2 heterocycles. The third-order valence-corrected chi connectivity index (χ3v) is 4.76. The highest BCUT2D eigenvalue weighted by molar-refractivity contribution is 7.15. The Kier molecular flexibility index (Phi) is 4.80. The Morgan fingerprint density at radius 3 is 2.90 bits per heavy atom. The van der Waals surface area contributed by atoms with Crippen LogP contribution < -0.4 is 4.74 Å². The summed E-state index contributed by atoms with van der Waals surface area (Å²) >= 11 is 7.66. The van der Waals surface area contributed by atoms with Crippen LogP contribution in [0.2, 0.25) is 5.02 Å². The molecule has 0 amide bonds. The molecule has 2 aromatic rings. The first-order valence-electron chi connectivity index (χ1n) is 7.04. The van der Waals surface area contributed by atoms with E-state index in [0.29, 0.717) is 5.02 Å². The Labute approximate surface area is 133 Å². The third kappa shape index (κ3) is 3.58. The maximum Gasteiger partial charge on any atom is 0.199 e. The lowest BCUT2D eigenvalue weighted by atomic mass is 10.1. The van der Waals surface area contributed by atoms with Gasteiger partial charge in [0.15, 0.2) is 6.29 Å². The molecule has 0 radical (unpaired) electrons. The average molecular weight is 325 g/mol. The van der Waals surface area contributed by atoms with E-state index in [1.807, 2.05) is 30.3 Å². The van der Waals surface area contributed by atoms with Crippen LogP contribution in [0.1, 0.15) is 24.1 Å². The molecule has 1 aliphatic rings. The topological polar surface area (TPSA) is 38.7 Å². The minimum absolute atomic E-state index is 0.0488. The first-order valence-corrected chi connectivity index (χ1v) is 8.23. The van der Waals surface area contributed by atoms with Gasteiger partial charge in [0.25, 0.3) is 0 Å². The van der Waals surface area contributed by atoms with Gasteiger partial charge >= 0.3 is 0 Å². The van der Waals surface area contributed by atoms with Crippen LogP contribution in [0.5, 0.6) is 5.75 Å². The Morgan fingerprint density at radius 1 is 1.29 bits per heavy atom. The molecule has 1 aliphatic heterocycles. The van der Waals surface area contributed by atoms with Crippen molar-refractivity contribution < 1.29 is 14.6 Å². The molecule has 112 valence electrons. The molecule has 3 nitrogen and oxygen atoms in total. The van der Waals surface area contributed by atoms with E-state index in [2.05, 4.69) is 0 Å². The largest absolute Gasteiger partial charge is 0.464 e. The van der Waals surface area contributed by atoms with Crippen LogP contribution in [0.3, 0.4) is 0 Å². The lowest BCUT2D eigenvalue weighted by Gasteiger charge is -2.24. The molecule has 3 rings (SSSR count). The Hall–Kier alpha value is -1.07. The molecule has 1 atom stereocenters. The van der Waals surface area contributed by atoms with Gasteiger partial charge in [-0.25, -0.2) is 0 Å². The number of benzene rings is 1. The molecule has 0 aliphatic carbocycles. The van der Waals surface area contributed by atoms with Gasteiger partial charge < -0.3 is 14.6 Å². The number of ether oxygens (including phenoxy) is 2. The molecule has 1 fully saturated rings. The lowest BCUT2D eigenvalue weighted by molar-refractivity contribution is -0.105. The first-order chi connectivity index (χ1) is 10.3. The van der Waals surface area contributed by atoms with Crippen LogP contribution in [0, 0.1) is 0 Å². The minimum atomic E-state index is -0.184. The number of hydrogen-bond donors (Lipinski definition) is 1. The van der Waals surface area contributed by atoms with Gasteiger partial charge in [-0.15, -0.1) is 11.3 Å². The fraction of sp³-hybridized carbons (Fsp3) is 0.375. The lowest BCUT2D eigenvalue weighted by Crippen LogP contribution is -2.25. The van der Waals surface area contributed by atoms with Crippen molar-refractivity contribution in [2.75, 3.05) is 6.61 Å². The number of rotatable bonds is 4. The standard InChI is InChI=1S/C16H17ClO3S/c17-11-4-6-14(20-16-3-1-2-8-19-16)13(9-11)15-7-5-12(10-18)21-15/h4-7,9,16,18H,1-3,8,10H2. The van der Waals surface area contributed by atoms with Crippen LogP contribution in [-0.4, -0.2) is 18.0 Å². The fourth-order valence-electron chi connectivity index (χ4n) is 2.35. The molecule has 0 bridgehead atoms. The number of aliphatic hydroxyl groups excluding tert-OH is 1. The summed E-state index contributed by atoms with van der Waals surface area (Å²) < 4.78 is 11.6. The molecular weight excluding hydrogens is 308 g/mol. The number of aliphatic hydroxyl groups is 1. The number of hydrogen-bond acceptors (Lipinski definition) is 4. The molecule has 1 unspecified atom stereocenters. The van der Waals surface area contributed by atoms with Gasteiger partial charge in [0, 0.05) is 26.8 Å². The second kappa shape index (κ2) is 6.79. The van der Waals surface area contributed by atoms with Crippen molar-refractivity contribution in [3.8, 4) is 16.2 Å². The zero-order chi connectivity index (χ0) is 14.7. The summed E-state index contributed by atoms with van der Waals surface area (Å²) in [5, 5.41) is 9.88. The highest BCUT2D eigenvalue weighted by atomic mass is 35.5. The maximum absolute atomic E-state index is 9.22. The number of thiophene rings is 1. The summed E-state index contributed by atoms with van der Waals surface area (Å²) in [4.78, 5) is 1.96. The van der Waals surface area contributed by atoms with Crippen LogP contribution >= 0.6 is 22.9 Å². The van der Waals surface area contributed by atoms with Gasteiger partial charge in [-0.2, -0.15) is 0 Å². The zero-order valence-electron chi connectivity index (χ0n) is 11.5.